The number of ether oxygens (including phenoxy) is 3. The molecule has 174 valence electrons. The number of aryl methyl sites for hydroxylation is 2. The number of hydrogen-bond donors (Lipinski definition) is 0. The maximum absolute atomic E-state index is 12.8. The van der Waals surface area contributed by atoms with Crippen LogP contribution in [0.4, 0.5) is 0 Å². The largest absolute Gasteiger partial charge is 0.497 e. The minimum Gasteiger partial charge on any atom is -0.497 e. The summed E-state index contributed by atoms with van der Waals surface area (Å²) in [6, 6.07) is 13.5. The third-order valence-electron chi connectivity index (χ3n) is 6.15. The molecule has 3 aromatic rings. The molecule has 2 aromatic carbocycles. The van der Waals surface area contributed by atoms with Gasteiger partial charge in [-0.15, -0.1) is 0 Å². The molecule has 4 rings (SSSR count). The second-order valence-corrected chi connectivity index (χ2v) is 8.13. The lowest BCUT2D eigenvalue weighted by molar-refractivity contribution is -0.129. The van der Waals surface area contributed by atoms with Crippen LogP contribution < -0.4 is 14.2 Å². The molecule has 1 saturated heterocycles. The number of methoxy groups -OCH3 is 3. The first-order chi connectivity index (χ1) is 16.0. The molecule has 2 heterocycles. The van der Waals surface area contributed by atoms with Crippen LogP contribution in [0.3, 0.4) is 0 Å². The molecule has 0 N–H and O–H groups in total. The maximum atomic E-state index is 12.8. The van der Waals surface area contributed by atoms with E-state index in [-0.39, 0.29) is 17.9 Å². The minimum absolute atomic E-state index is 0.0758. The van der Waals surface area contributed by atoms with Crippen molar-refractivity contribution in [2.24, 2.45) is 0 Å². The van der Waals surface area contributed by atoms with E-state index in [0.717, 1.165) is 17.7 Å². The summed E-state index contributed by atoms with van der Waals surface area (Å²) in [5.41, 5.74) is 2.15. The Morgan fingerprint density at radius 3 is 2.48 bits per heavy atom. The summed E-state index contributed by atoms with van der Waals surface area (Å²) in [6.45, 7) is 2.56. The lowest BCUT2D eigenvalue weighted by Crippen LogP contribution is -2.28. The number of likely N-dealkylation sites (tertiary alicyclic amines) is 1. The maximum Gasteiger partial charge on any atom is 0.226 e. The molecular weight excluding hydrogens is 422 g/mol. The van der Waals surface area contributed by atoms with Crippen molar-refractivity contribution in [1.29, 1.82) is 0 Å². The van der Waals surface area contributed by atoms with Crippen molar-refractivity contribution in [1.82, 2.24) is 15.0 Å². The molecule has 33 heavy (non-hydrogen) atoms. The minimum atomic E-state index is -0.108. The van der Waals surface area contributed by atoms with E-state index in [9.17, 15) is 4.79 Å². The van der Waals surface area contributed by atoms with Gasteiger partial charge < -0.3 is 23.6 Å². The molecule has 0 aliphatic carbocycles. The van der Waals surface area contributed by atoms with Gasteiger partial charge in [0.05, 0.1) is 27.4 Å². The van der Waals surface area contributed by atoms with Crippen LogP contribution in [0.15, 0.2) is 47.0 Å². The molecule has 2 unspecified atom stereocenters. The summed E-state index contributed by atoms with van der Waals surface area (Å²) in [6.07, 6.45) is 1.80. The third-order valence-corrected chi connectivity index (χ3v) is 6.15. The fourth-order valence-electron chi connectivity index (χ4n) is 4.15. The van der Waals surface area contributed by atoms with Crippen LogP contribution in [0, 0.1) is 0 Å². The second-order valence-electron chi connectivity index (χ2n) is 8.13. The zero-order chi connectivity index (χ0) is 23.4. The van der Waals surface area contributed by atoms with Gasteiger partial charge in [-0.2, -0.15) is 4.98 Å². The first-order valence-corrected chi connectivity index (χ1v) is 11.0. The van der Waals surface area contributed by atoms with E-state index in [0.29, 0.717) is 42.6 Å². The smallest absolute Gasteiger partial charge is 0.226 e. The number of rotatable bonds is 9. The van der Waals surface area contributed by atoms with E-state index in [4.69, 9.17) is 18.7 Å². The number of amides is 1. The van der Waals surface area contributed by atoms with Gasteiger partial charge in [-0.1, -0.05) is 23.4 Å². The van der Waals surface area contributed by atoms with Gasteiger partial charge in [0.2, 0.25) is 11.8 Å². The molecule has 0 spiro atoms. The predicted octanol–water partition coefficient (Wildman–Crippen LogP) is 3.96. The molecule has 8 nitrogen and oxygen atoms in total. The van der Waals surface area contributed by atoms with Gasteiger partial charge in [0.25, 0.3) is 0 Å². The van der Waals surface area contributed by atoms with Gasteiger partial charge in [0, 0.05) is 25.3 Å². The van der Waals surface area contributed by atoms with Crippen LogP contribution in [0.2, 0.25) is 0 Å². The standard InChI is InChI=1S/C25H29N3O5/c1-16(18-8-11-21(31-3)22(13-18)32-4)28-15-19(14-24(28)29)25-26-23(33-27-25)12-7-17-5-9-20(30-2)10-6-17/h5-6,8-11,13,16,19H,7,12,14-15H2,1-4H3. The second kappa shape index (κ2) is 9.94. The molecule has 1 amide bonds. The molecule has 2 atom stereocenters. The highest BCUT2D eigenvalue weighted by molar-refractivity contribution is 5.80. The van der Waals surface area contributed by atoms with Crippen molar-refractivity contribution in [3.8, 4) is 17.2 Å². The first kappa shape index (κ1) is 22.6. The van der Waals surface area contributed by atoms with Crippen molar-refractivity contribution in [3.63, 3.8) is 0 Å². The van der Waals surface area contributed by atoms with Crippen LogP contribution in [0.25, 0.3) is 0 Å². The number of nitrogens with zero attached hydrogens (tertiary/aromatic N) is 3. The van der Waals surface area contributed by atoms with Crippen molar-refractivity contribution < 1.29 is 23.5 Å². The van der Waals surface area contributed by atoms with Gasteiger partial charge in [-0.25, -0.2) is 0 Å². The van der Waals surface area contributed by atoms with Gasteiger partial charge in [-0.05, 0) is 48.7 Å². The molecule has 0 bridgehead atoms. The van der Waals surface area contributed by atoms with Gasteiger partial charge in [0.15, 0.2) is 17.3 Å². The molecule has 1 aliphatic rings. The van der Waals surface area contributed by atoms with E-state index in [1.165, 1.54) is 5.56 Å². The Labute approximate surface area is 193 Å². The summed E-state index contributed by atoms with van der Waals surface area (Å²) in [5.74, 6) is 3.30. The fraction of sp³-hybridized carbons (Fsp3) is 0.400. The Bertz CT molecular complexity index is 1100. The van der Waals surface area contributed by atoms with Gasteiger partial charge >= 0.3 is 0 Å². The average Bonchev–Trinajstić information content (AvgIpc) is 3.48. The summed E-state index contributed by atoms with van der Waals surface area (Å²) in [5, 5.41) is 4.17. The predicted molar refractivity (Wildman–Crippen MR) is 122 cm³/mol. The lowest BCUT2D eigenvalue weighted by atomic mass is 10.1. The Morgan fingerprint density at radius 1 is 1.03 bits per heavy atom. The highest BCUT2D eigenvalue weighted by Gasteiger charge is 2.36. The molecule has 1 fully saturated rings. The van der Waals surface area contributed by atoms with Gasteiger partial charge in [0.1, 0.15) is 5.75 Å². The molecule has 0 radical (unpaired) electrons. The van der Waals surface area contributed by atoms with E-state index >= 15 is 0 Å². The monoisotopic (exact) mass is 451 g/mol. The van der Waals surface area contributed by atoms with Crippen molar-refractivity contribution >= 4 is 5.91 Å². The SMILES string of the molecule is COc1ccc(CCc2nc(C3CC(=O)N(C(C)c4ccc(OC)c(OC)c4)C3)no2)cc1. The first-order valence-electron chi connectivity index (χ1n) is 11.0. The van der Waals surface area contributed by atoms with Crippen molar-refractivity contribution in [2.45, 2.75) is 38.1 Å². The topological polar surface area (TPSA) is 86.9 Å². The summed E-state index contributed by atoms with van der Waals surface area (Å²) in [4.78, 5) is 19.2. The molecular formula is C25H29N3O5. The van der Waals surface area contributed by atoms with E-state index in [2.05, 4.69) is 10.1 Å². The number of aromatic nitrogens is 2. The Kier molecular flexibility index (Phi) is 6.82. The number of carbonyl (C=O) groups is 1. The van der Waals surface area contributed by atoms with Crippen LogP contribution in [-0.2, 0) is 17.6 Å². The molecule has 8 heteroatoms. The average molecular weight is 452 g/mol. The Morgan fingerprint density at radius 2 is 1.79 bits per heavy atom. The van der Waals surface area contributed by atoms with E-state index in [1.807, 2.05) is 54.3 Å². The Balaban J connectivity index is 1.39. The molecule has 1 aliphatic heterocycles. The van der Waals surface area contributed by atoms with Gasteiger partial charge in [-0.3, -0.25) is 4.79 Å². The quantitative estimate of drug-likeness (QED) is 0.487. The molecule has 0 saturated carbocycles. The van der Waals surface area contributed by atoms with Crippen molar-refractivity contribution in [2.75, 3.05) is 27.9 Å². The van der Waals surface area contributed by atoms with Crippen molar-refractivity contribution in [3.05, 3.63) is 65.3 Å². The number of benzene rings is 2. The Hall–Kier alpha value is -3.55. The number of hydrogen-bond acceptors (Lipinski definition) is 7. The zero-order valence-corrected chi connectivity index (χ0v) is 19.4. The summed E-state index contributed by atoms with van der Waals surface area (Å²) >= 11 is 0. The van der Waals surface area contributed by atoms with E-state index < -0.39 is 0 Å². The fourth-order valence-corrected chi connectivity index (χ4v) is 4.15. The van der Waals surface area contributed by atoms with Crippen LogP contribution in [0.5, 0.6) is 17.2 Å². The van der Waals surface area contributed by atoms with Crippen LogP contribution in [0.1, 0.15) is 48.1 Å². The number of carbonyl (C=O) groups excluding carboxylic acids is 1. The highest BCUT2D eigenvalue weighted by Crippen LogP contribution is 2.36. The third kappa shape index (κ3) is 4.94. The summed E-state index contributed by atoms with van der Waals surface area (Å²) in [7, 11) is 4.86. The zero-order valence-electron chi connectivity index (χ0n) is 19.4. The lowest BCUT2D eigenvalue weighted by Gasteiger charge is -2.25. The van der Waals surface area contributed by atoms with Crippen LogP contribution >= 0.6 is 0 Å². The molecule has 1 aromatic heterocycles. The summed E-state index contributed by atoms with van der Waals surface area (Å²) < 4.78 is 21.4. The van der Waals surface area contributed by atoms with Crippen LogP contribution in [-0.4, -0.2) is 48.8 Å². The normalized spacial score (nSPS) is 16.7. The highest BCUT2D eigenvalue weighted by atomic mass is 16.5. The van der Waals surface area contributed by atoms with E-state index in [1.54, 1.807) is 21.3 Å².